The van der Waals surface area contributed by atoms with Gasteiger partial charge in [-0.25, -0.2) is 0 Å². The van der Waals surface area contributed by atoms with Crippen LogP contribution in [0.5, 0.6) is 0 Å². The Bertz CT molecular complexity index is 328. The van der Waals surface area contributed by atoms with E-state index >= 15 is 0 Å². The molecule has 15 heavy (non-hydrogen) atoms. The van der Waals surface area contributed by atoms with Gasteiger partial charge in [0.2, 0.25) is 0 Å². The van der Waals surface area contributed by atoms with Crippen molar-refractivity contribution in [3.05, 3.63) is 32.9 Å². The molecule has 0 saturated heterocycles. The highest BCUT2D eigenvalue weighted by Gasteiger charge is 2.19. The summed E-state index contributed by atoms with van der Waals surface area (Å²) in [5.41, 5.74) is 0. The van der Waals surface area contributed by atoms with Gasteiger partial charge in [-0.2, -0.15) is 0 Å². The Morgan fingerprint density at radius 2 is 2.27 bits per heavy atom. The molecule has 2 rings (SSSR count). The first-order valence-electron chi connectivity index (χ1n) is 5.47. The van der Waals surface area contributed by atoms with E-state index in [-0.39, 0.29) is 0 Å². The molecular formula is C12H16BrNS. The quantitative estimate of drug-likeness (QED) is 0.620. The summed E-state index contributed by atoms with van der Waals surface area (Å²) in [4.78, 5) is 1.42. The number of thiophene rings is 1. The summed E-state index contributed by atoms with van der Waals surface area (Å²) >= 11 is 5.29. The lowest BCUT2D eigenvalue weighted by Crippen LogP contribution is -2.16. The van der Waals surface area contributed by atoms with Crippen LogP contribution < -0.4 is 5.32 Å². The van der Waals surface area contributed by atoms with Crippen LogP contribution >= 0.6 is 27.3 Å². The molecule has 0 unspecified atom stereocenters. The summed E-state index contributed by atoms with van der Waals surface area (Å²) in [5, 5.41) is 3.50. The minimum atomic E-state index is 0.839. The Morgan fingerprint density at radius 1 is 1.40 bits per heavy atom. The molecule has 0 radical (unpaired) electrons. The van der Waals surface area contributed by atoms with Crippen molar-refractivity contribution in [1.82, 2.24) is 5.32 Å². The number of hydrogen-bond acceptors (Lipinski definition) is 2. The Kier molecular flexibility index (Phi) is 4.42. The second-order valence-corrected chi connectivity index (χ2v) is 6.45. The van der Waals surface area contributed by atoms with Crippen molar-refractivity contribution in [2.45, 2.75) is 31.7 Å². The molecule has 82 valence electrons. The third-order valence-electron chi connectivity index (χ3n) is 2.44. The molecule has 3 heteroatoms. The van der Waals surface area contributed by atoms with Crippen LogP contribution in [0.1, 0.15) is 24.1 Å². The summed E-state index contributed by atoms with van der Waals surface area (Å²) in [6, 6.07) is 5.14. The number of rotatable bonds is 6. The largest absolute Gasteiger partial charge is 0.314 e. The summed E-state index contributed by atoms with van der Waals surface area (Å²) < 4.78 is 1.22. The van der Waals surface area contributed by atoms with E-state index in [4.69, 9.17) is 0 Å². The van der Waals surface area contributed by atoms with Crippen LogP contribution in [0.2, 0.25) is 0 Å². The Labute approximate surface area is 104 Å². The summed E-state index contributed by atoms with van der Waals surface area (Å²) in [6.45, 7) is 1.13. The first kappa shape index (κ1) is 11.4. The van der Waals surface area contributed by atoms with Crippen LogP contribution in [0.15, 0.2) is 28.1 Å². The molecular weight excluding hydrogens is 270 g/mol. The van der Waals surface area contributed by atoms with Crippen LogP contribution in [-0.4, -0.2) is 12.6 Å². The van der Waals surface area contributed by atoms with E-state index in [1.807, 2.05) is 11.3 Å². The minimum Gasteiger partial charge on any atom is -0.314 e. The van der Waals surface area contributed by atoms with Gasteiger partial charge in [0.05, 0.1) is 3.79 Å². The third-order valence-corrected chi connectivity index (χ3v) is 4.08. The van der Waals surface area contributed by atoms with Crippen molar-refractivity contribution >= 4 is 27.3 Å². The molecule has 0 spiro atoms. The maximum atomic E-state index is 3.50. The zero-order chi connectivity index (χ0) is 10.5. The molecule has 0 aliphatic heterocycles. The fourth-order valence-corrected chi connectivity index (χ4v) is 2.90. The van der Waals surface area contributed by atoms with Gasteiger partial charge in [-0.05, 0) is 60.3 Å². The van der Waals surface area contributed by atoms with Gasteiger partial charge in [-0.1, -0.05) is 12.2 Å². The van der Waals surface area contributed by atoms with Gasteiger partial charge in [-0.15, -0.1) is 11.3 Å². The van der Waals surface area contributed by atoms with E-state index in [2.05, 4.69) is 45.5 Å². The van der Waals surface area contributed by atoms with Crippen molar-refractivity contribution in [3.8, 4) is 0 Å². The normalized spacial score (nSPS) is 16.3. The average molecular weight is 286 g/mol. The molecule has 1 aliphatic rings. The number of hydrogen-bond donors (Lipinski definition) is 1. The molecule has 0 amide bonds. The van der Waals surface area contributed by atoms with Crippen LogP contribution in [0.4, 0.5) is 0 Å². The Hall–Kier alpha value is -0.120. The monoisotopic (exact) mass is 285 g/mol. The molecule has 1 aromatic rings. The molecule has 1 fully saturated rings. The molecule has 1 N–H and O–H groups in total. The van der Waals surface area contributed by atoms with E-state index in [0.717, 1.165) is 25.4 Å². The topological polar surface area (TPSA) is 12.0 Å². The molecule has 1 aromatic heterocycles. The van der Waals surface area contributed by atoms with Gasteiger partial charge in [-0.3, -0.25) is 0 Å². The minimum absolute atomic E-state index is 0.839. The van der Waals surface area contributed by atoms with Gasteiger partial charge >= 0.3 is 0 Å². The lowest BCUT2D eigenvalue weighted by atomic mass is 10.3. The van der Waals surface area contributed by atoms with Crippen molar-refractivity contribution in [3.63, 3.8) is 0 Å². The number of allylic oxidation sites excluding steroid dienone is 1. The van der Waals surface area contributed by atoms with Gasteiger partial charge in [0, 0.05) is 10.9 Å². The lowest BCUT2D eigenvalue weighted by Gasteiger charge is -1.97. The van der Waals surface area contributed by atoms with Crippen molar-refractivity contribution in [2.24, 2.45) is 0 Å². The van der Waals surface area contributed by atoms with Crippen LogP contribution in [0.3, 0.4) is 0 Å². The average Bonchev–Trinajstić information content (AvgIpc) is 2.95. The summed E-state index contributed by atoms with van der Waals surface area (Å²) in [5.74, 6) is 0. The van der Waals surface area contributed by atoms with Crippen molar-refractivity contribution < 1.29 is 0 Å². The molecule has 1 heterocycles. The smallest absolute Gasteiger partial charge is 0.0701 e. The summed E-state index contributed by atoms with van der Waals surface area (Å²) in [7, 11) is 0. The van der Waals surface area contributed by atoms with Crippen LogP contribution in [0, 0.1) is 0 Å². The van der Waals surface area contributed by atoms with E-state index in [1.165, 1.54) is 21.5 Å². The first-order valence-corrected chi connectivity index (χ1v) is 7.08. The second kappa shape index (κ2) is 5.83. The SMILES string of the molecule is Brc1ccc(CC=CCCNC2CC2)s1. The van der Waals surface area contributed by atoms with Gasteiger partial charge < -0.3 is 5.32 Å². The molecule has 1 nitrogen and oxygen atoms in total. The zero-order valence-electron chi connectivity index (χ0n) is 8.71. The molecule has 1 saturated carbocycles. The highest BCUT2D eigenvalue weighted by molar-refractivity contribution is 9.11. The summed E-state index contributed by atoms with van der Waals surface area (Å²) in [6.07, 6.45) is 9.54. The van der Waals surface area contributed by atoms with Crippen molar-refractivity contribution in [1.29, 1.82) is 0 Å². The van der Waals surface area contributed by atoms with E-state index in [1.54, 1.807) is 0 Å². The zero-order valence-corrected chi connectivity index (χ0v) is 11.1. The number of nitrogens with one attached hydrogen (secondary N) is 1. The standard InChI is InChI=1S/C12H16BrNS/c13-12-8-7-11(15-12)4-2-1-3-9-14-10-5-6-10/h1-2,7-8,10,14H,3-6,9H2. The van der Waals surface area contributed by atoms with E-state index in [9.17, 15) is 0 Å². The van der Waals surface area contributed by atoms with Crippen LogP contribution in [-0.2, 0) is 6.42 Å². The molecule has 0 bridgehead atoms. The molecule has 0 aromatic carbocycles. The third kappa shape index (κ3) is 4.49. The van der Waals surface area contributed by atoms with E-state index < -0.39 is 0 Å². The molecule has 0 atom stereocenters. The fraction of sp³-hybridized carbons (Fsp3) is 0.500. The second-order valence-electron chi connectivity index (χ2n) is 3.90. The van der Waals surface area contributed by atoms with Gasteiger partial charge in [0.15, 0.2) is 0 Å². The van der Waals surface area contributed by atoms with Crippen LogP contribution in [0.25, 0.3) is 0 Å². The highest BCUT2D eigenvalue weighted by Crippen LogP contribution is 2.22. The Balaban J connectivity index is 1.57. The molecule has 1 aliphatic carbocycles. The van der Waals surface area contributed by atoms with Gasteiger partial charge in [0.25, 0.3) is 0 Å². The van der Waals surface area contributed by atoms with E-state index in [0.29, 0.717) is 0 Å². The Morgan fingerprint density at radius 3 is 2.93 bits per heavy atom. The first-order chi connectivity index (χ1) is 7.34. The van der Waals surface area contributed by atoms with Crippen molar-refractivity contribution in [2.75, 3.05) is 6.54 Å². The maximum Gasteiger partial charge on any atom is 0.0701 e. The predicted octanol–water partition coefficient (Wildman–Crippen LogP) is 3.75. The fourth-order valence-electron chi connectivity index (χ4n) is 1.44. The predicted molar refractivity (Wildman–Crippen MR) is 70.5 cm³/mol. The number of halogens is 1. The lowest BCUT2D eigenvalue weighted by molar-refractivity contribution is 0.690. The maximum absolute atomic E-state index is 3.50. The highest BCUT2D eigenvalue weighted by atomic mass is 79.9. The van der Waals surface area contributed by atoms with Gasteiger partial charge in [0.1, 0.15) is 0 Å².